The molecule has 0 aliphatic carbocycles. The van der Waals surface area contributed by atoms with Crippen LogP contribution in [0.4, 0.5) is 13.2 Å². The first-order valence-electron chi connectivity index (χ1n) is 9.06. The van der Waals surface area contributed by atoms with Gasteiger partial charge in [-0.1, -0.05) is 6.07 Å². The molecule has 1 aliphatic heterocycles. The van der Waals surface area contributed by atoms with Crippen LogP contribution in [-0.4, -0.2) is 72.2 Å². The number of alkyl halides is 3. The number of hydrogen-bond donors (Lipinski definition) is 1. The third-order valence-electron chi connectivity index (χ3n) is 4.60. The highest BCUT2D eigenvalue weighted by molar-refractivity contribution is 14.0. The Morgan fingerprint density at radius 1 is 1.26 bits per heavy atom. The highest BCUT2D eigenvalue weighted by Gasteiger charge is 2.41. The average Bonchev–Trinajstić information content (AvgIpc) is 2.61. The van der Waals surface area contributed by atoms with Gasteiger partial charge in [-0.15, -0.1) is 24.0 Å². The van der Waals surface area contributed by atoms with E-state index in [1.807, 2.05) is 37.1 Å². The van der Waals surface area contributed by atoms with Gasteiger partial charge in [-0.2, -0.15) is 13.2 Å². The van der Waals surface area contributed by atoms with E-state index in [2.05, 4.69) is 15.3 Å². The Kier molecular flexibility index (Phi) is 9.78. The number of aryl methyl sites for hydroxylation is 1. The van der Waals surface area contributed by atoms with E-state index in [0.29, 0.717) is 32.7 Å². The van der Waals surface area contributed by atoms with E-state index < -0.39 is 12.2 Å². The molecular formula is C18H29F3IN5. The number of pyridine rings is 1. The van der Waals surface area contributed by atoms with E-state index in [1.165, 1.54) is 11.8 Å². The van der Waals surface area contributed by atoms with Crippen LogP contribution in [0.3, 0.4) is 0 Å². The van der Waals surface area contributed by atoms with Gasteiger partial charge in [-0.05, 0) is 38.8 Å². The molecule has 2 rings (SSSR count). The Bertz CT molecular complexity index is 584. The molecule has 5 nitrogen and oxygen atoms in total. The lowest BCUT2D eigenvalue weighted by molar-refractivity contribution is -0.181. The van der Waals surface area contributed by atoms with Crippen LogP contribution in [0.2, 0.25) is 0 Å². The summed E-state index contributed by atoms with van der Waals surface area (Å²) in [7, 11) is 0. The second-order valence-electron chi connectivity index (χ2n) is 6.53. The molecular weight excluding hydrogens is 470 g/mol. The molecule has 0 spiro atoms. The lowest BCUT2D eigenvalue weighted by Gasteiger charge is -2.39. The zero-order chi connectivity index (χ0) is 19.2. The monoisotopic (exact) mass is 499 g/mol. The number of aromatic nitrogens is 1. The van der Waals surface area contributed by atoms with Gasteiger partial charge in [0.15, 0.2) is 5.96 Å². The molecule has 1 fully saturated rings. The topological polar surface area (TPSA) is 43.8 Å². The molecule has 1 N–H and O–H groups in total. The number of halogens is 4. The summed E-state index contributed by atoms with van der Waals surface area (Å²) in [6.07, 6.45) is -1.54. The highest BCUT2D eigenvalue weighted by atomic mass is 127. The van der Waals surface area contributed by atoms with Gasteiger partial charge in [0, 0.05) is 51.2 Å². The maximum atomic E-state index is 12.9. The third kappa shape index (κ3) is 7.44. The lowest BCUT2D eigenvalue weighted by Crippen LogP contribution is -2.56. The van der Waals surface area contributed by atoms with E-state index in [9.17, 15) is 13.2 Å². The molecule has 0 radical (unpaired) electrons. The molecule has 154 valence electrons. The third-order valence-corrected chi connectivity index (χ3v) is 4.60. The largest absolute Gasteiger partial charge is 0.403 e. The Morgan fingerprint density at radius 3 is 2.44 bits per heavy atom. The van der Waals surface area contributed by atoms with Crippen LogP contribution in [0, 0.1) is 6.92 Å². The van der Waals surface area contributed by atoms with Crippen LogP contribution in [0.1, 0.15) is 25.1 Å². The maximum Gasteiger partial charge on any atom is 0.403 e. The Balaban J connectivity index is 0.00000364. The molecule has 1 aliphatic rings. The summed E-state index contributed by atoms with van der Waals surface area (Å²) in [5.74, 6) is 0.770. The molecule has 9 heteroatoms. The quantitative estimate of drug-likeness (QED) is 0.385. The van der Waals surface area contributed by atoms with Crippen LogP contribution in [0.15, 0.2) is 23.3 Å². The standard InChI is InChI=1S/C18H28F3N5.HI/c1-4-22-17(23-8-7-16-6-5-14(2)24-13-16)26-11-9-25(10-12-26)15(3)18(19,20)21;/h5-6,13,15H,4,7-12H2,1-3H3,(H,22,23);1H. The van der Waals surface area contributed by atoms with Gasteiger partial charge in [0.25, 0.3) is 0 Å². The van der Waals surface area contributed by atoms with Crippen LogP contribution in [0.25, 0.3) is 0 Å². The second-order valence-corrected chi connectivity index (χ2v) is 6.53. The molecule has 1 saturated heterocycles. The van der Waals surface area contributed by atoms with Crippen molar-refractivity contribution in [3.63, 3.8) is 0 Å². The number of guanidine groups is 1. The first-order chi connectivity index (χ1) is 12.3. The van der Waals surface area contributed by atoms with Crippen LogP contribution < -0.4 is 5.32 Å². The van der Waals surface area contributed by atoms with E-state index in [1.54, 1.807) is 0 Å². The molecule has 0 aromatic carbocycles. The minimum Gasteiger partial charge on any atom is -0.357 e. The zero-order valence-electron chi connectivity index (χ0n) is 16.1. The van der Waals surface area contributed by atoms with Gasteiger partial charge >= 0.3 is 6.18 Å². The Labute approximate surface area is 176 Å². The fourth-order valence-corrected chi connectivity index (χ4v) is 2.89. The summed E-state index contributed by atoms with van der Waals surface area (Å²) in [5.41, 5.74) is 2.11. The first kappa shape index (κ1) is 23.9. The van der Waals surface area contributed by atoms with Crippen molar-refractivity contribution < 1.29 is 13.2 Å². The van der Waals surface area contributed by atoms with Crippen molar-refractivity contribution in [2.75, 3.05) is 39.3 Å². The highest BCUT2D eigenvalue weighted by Crippen LogP contribution is 2.25. The molecule has 0 bridgehead atoms. The minimum atomic E-state index is -4.18. The van der Waals surface area contributed by atoms with Crippen molar-refractivity contribution in [3.05, 3.63) is 29.6 Å². The van der Waals surface area contributed by atoms with Crippen molar-refractivity contribution in [3.8, 4) is 0 Å². The van der Waals surface area contributed by atoms with Crippen molar-refractivity contribution in [1.82, 2.24) is 20.1 Å². The average molecular weight is 499 g/mol. The van der Waals surface area contributed by atoms with Crippen molar-refractivity contribution in [2.24, 2.45) is 4.99 Å². The summed E-state index contributed by atoms with van der Waals surface area (Å²) >= 11 is 0. The number of nitrogens with zero attached hydrogens (tertiary/aromatic N) is 4. The van der Waals surface area contributed by atoms with Gasteiger partial charge < -0.3 is 10.2 Å². The van der Waals surface area contributed by atoms with Crippen LogP contribution in [0.5, 0.6) is 0 Å². The van der Waals surface area contributed by atoms with Crippen molar-refractivity contribution in [1.29, 1.82) is 0 Å². The van der Waals surface area contributed by atoms with Crippen molar-refractivity contribution in [2.45, 2.75) is 39.4 Å². The second kappa shape index (κ2) is 11.0. The molecule has 1 unspecified atom stereocenters. The fraction of sp³-hybridized carbons (Fsp3) is 0.667. The van der Waals surface area contributed by atoms with Gasteiger partial charge in [0.05, 0.1) is 0 Å². The van der Waals surface area contributed by atoms with Gasteiger partial charge in [0.2, 0.25) is 0 Å². The zero-order valence-corrected chi connectivity index (χ0v) is 18.4. The SMILES string of the molecule is CCNC(=NCCc1ccc(C)nc1)N1CCN(C(C)C(F)(F)F)CC1.I. The Morgan fingerprint density at radius 2 is 1.93 bits per heavy atom. The number of aliphatic imine (C=N–C) groups is 1. The summed E-state index contributed by atoms with van der Waals surface area (Å²) < 4.78 is 38.6. The van der Waals surface area contributed by atoms with E-state index >= 15 is 0 Å². The summed E-state index contributed by atoms with van der Waals surface area (Å²) in [4.78, 5) is 12.4. The molecule has 27 heavy (non-hydrogen) atoms. The molecule has 0 amide bonds. The van der Waals surface area contributed by atoms with E-state index in [4.69, 9.17) is 0 Å². The summed E-state index contributed by atoms with van der Waals surface area (Å²) in [5, 5.41) is 3.24. The molecule has 2 heterocycles. The maximum absolute atomic E-state index is 12.9. The lowest BCUT2D eigenvalue weighted by atomic mass is 10.2. The number of nitrogens with one attached hydrogen (secondary N) is 1. The molecule has 1 aromatic rings. The van der Waals surface area contributed by atoms with Crippen molar-refractivity contribution >= 4 is 29.9 Å². The van der Waals surface area contributed by atoms with Gasteiger partial charge in [0.1, 0.15) is 6.04 Å². The van der Waals surface area contributed by atoms with E-state index in [0.717, 1.165) is 30.2 Å². The number of rotatable bonds is 5. The smallest absolute Gasteiger partial charge is 0.357 e. The number of hydrogen-bond acceptors (Lipinski definition) is 3. The molecule has 0 saturated carbocycles. The summed E-state index contributed by atoms with van der Waals surface area (Å²) in [6, 6.07) is 2.62. The minimum absolute atomic E-state index is 0. The molecule has 1 atom stereocenters. The van der Waals surface area contributed by atoms with Gasteiger partial charge in [-0.3, -0.25) is 14.9 Å². The normalized spacial score (nSPS) is 17.4. The Hall–Kier alpha value is -1.10. The van der Waals surface area contributed by atoms with Gasteiger partial charge in [-0.25, -0.2) is 0 Å². The first-order valence-corrected chi connectivity index (χ1v) is 9.06. The fourth-order valence-electron chi connectivity index (χ4n) is 2.89. The summed E-state index contributed by atoms with van der Waals surface area (Å²) in [6.45, 7) is 8.35. The van der Waals surface area contributed by atoms with Crippen LogP contribution >= 0.6 is 24.0 Å². The predicted molar refractivity (Wildman–Crippen MR) is 113 cm³/mol. The van der Waals surface area contributed by atoms with Crippen LogP contribution in [-0.2, 0) is 6.42 Å². The number of piperazine rings is 1. The predicted octanol–water partition coefficient (Wildman–Crippen LogP) is 3.08. The molecule has 1 aromatic heterocycles. The van der Waals surface area contributed by atoms with E-state index in [-0.39, 0.29) is 24.0 Å².